The van der Waals surface area contributed by atoms with Crippen LogP contribution in [-0.2, 0) is 15.0 Å². The minimum absolute atomic E-state index is 0.0689. The minimum atomic E-state index is -4.61. The molecule has 0 bridgehead atoms. The van der Waals surface area contributed by atoms with Crippen molar-refractivity contribution in [2.45, 2.75) is 50.1 Å². The van der Waals surface area contributed by atoms with E-state index in [1.165, 1.54) is 30.3 Å². The maximum absolute atomic E-state index is 13.6. The van der Waals surface area contributed by atoms with Crippen LogP contribution in [0.1, 0.15) is 49.7 Å². The van der Waals surface area contributed by atoms with Gasteiger partial charge in [-0.25, -0.2) is 0 Å². The van der Waals surface area contributed by atoms with Crippen LogP contribution in [0.5, 0.6) is 0 Å². The number of rotatable bonds is 7. The van der Waals surface area contributed by atoms with Gasteiger partial charge in [-0.15, -0.1) is 0 Å². The van der Waals surface area contributed by atoms with Gasteiger partial charge in [0.2, 0.25) is 5.91 Å². The van der Waals surface area contributed by atoms with Gasteiger partial charge in [-0.2, -0.15) is 13.2 Å². The van der Waals surface area contributed by atoms with Crippen molar-refractivity contribution in [2.24, 2.45) is 5.92 Å². The lowest BCUT2D eigenvalue weighted by atomic mass is 9.62. The van der Waals surface area contributed by atoms with E-state index in [4.69, 9.17) is 23.2 Å². The van der Waals surface area contributed by atoms with Crippen molar-refractivity contribution in [2.75, 3.05) is 5.32 Å². The fourth-order valence-corrected chi connectivity index (χ4v) is 4.44. The molecule has 3 rings (SSSR count). The molecule has 4 nitrogen and oxygen atoms in total. The average Bonchev–Trinajstić information content (AvgIpc) is 2.67. The number of nitrogens with one attached hydrogen (secondary N) is 1. The highest BCUT2D eigenvalue weighted by atomic mass is 35.5. The van der Waals surface area contributed by atoms with Crippen molar-refractivity contribution in [3.05, 3.63) is 63.6 Å². The number of carboxylic acids is 1. The number of hydrogen-bond donors (Lipinski definition) is 2. The molecular weight excluding hydrogens is 466 g/mol. The molecule has 9 heteroatoms. The van der Waals surface area contributed by atoms with Crippen LogP contribution in [-0.4, -0.2) is 23.2 Å². The molecule has 2 aromatic rings. The van der Waals surface area contributed by atoms with Gasteiger partial charge in [-0.3, -0.25) is 9.59 Å². The van der Waals surface area contributed by atoms with Crippen molar-refractivity contribution >= 4 is 40.8 Å². The molecule has 1 unspecified atom stereocenters. The Morgan fingerprint density at radius 1 is 1.12 bits per heavy atom. The van der Waals surface area contributed by atoms with E-state index in [9.17, 15) is 27.9 Å². The maximum Gasteiger partial charge on any atom is 0.392 e. The van der Waals surface area contributed by atoms with Crippen molar-refractivity contribution in [3.8, 4) is 0 Å². The van der Waals surface area contributed by atoms with Gasteiger partial charge in [-0.05, 0) is 48.2 Å². The van der Waals surface area contributed by atoms with E-state index in [0.717, 1.165) is 13.3 Å². The zero-order valence-electron chi connectivity index (χ0n) is 17.2. The molecule has 1 amide bonds. The standard InChI is InChI=1S/C23H22Cl2F3NO3/c1-13(23(26,27)28)20(14-3-6-16(24)7-4-14)21(32)29-18-11-15(5-8-17(18)25)22(9-2-10-22)12-19(30)31/h3-8,11,13,20H,2,9-10,12H2,1H3,(H,29,32)(H,30,31)/t13?,20-/m0/s1. The van der Waals surface area contributed by atoms with Crippen LogP contribution in [0.3, 0.4) is 0 Å². The number of amides is 1. The SMILES string of the molecule is CC([C@H](C(=O)Nc1cc(C2(CC(=O)O)CCC2)ccc1Cl)c1ccc(Cl)cc1)C(F)(F)F. The number of alkyl halides is 3. The summed E-state index contributed by atoms with van der Waals surface area (Å²) in [6.07, 6.45) is -2.45. The number of hydrogen-bond acceptors (Lipinski definition) is 2. The molecule has 172 valence electrons. The van der Waals surface area contributed by atoms with Crippen LogP contribution in [0.25, 0.3) is 0 Å². The van der Waals surface area contributed by atoms with Crippen LogP contribution in [0.4, 0.5) is 18.9 Å². The number of aliphatic carboxylic acids is 1. The first kappa shape index (κ1) is 24.4. The number of anilines is 1. The molecule has 2 atom stereocenters. The lowest BCUT2D eigenvalue weighted by Gasteiger charge is -2.41. The molecule has 1 saturated carbocycles. The van der Waals surface area contributed by atoms with Gasteiger partial charge in [0.15, 0.2) is 0 Å². The van der Waals surface area contributed by atoms with Crippen molar-refractivity contribution in [3.63, 3.8) is 0 Å². The fraction of sp³-hybridized carbons (Fsp3) is 0.391. The summed E-state index contributed by atoms with van der Waals surface area (Å²) in [5.74, 6) is -5.29. The van der Waals surface area contributed by atoms with Crippen LogP contribution in [0, 0.1) is 5.92 Å². The van der Waals surface area contributed by atoms with E-state index in [-0.39, 0.29) is 22.7 Å². The zero-order chi connectivity index (χ0) is 23.7. The van der Waals surface area contributed by atoms with Crippen LogP contribution < -0.4 is 5.32 Å². The normalized spacial score (nSPS) is 17.2. The van der Waals surface area contributed by atoms with Crippen molar-refractivity contribution in [1.29, 1.82) is 0 Å². The quantitative estimate of drug-likeness (QED) is 0.450. The minimum Gasteiger partial charge on any atom is -0.481 e. The molecule has 32 heavy (non-hydrogen) atoms. The predicted molar refractivity (Wildman–Crippen MR) is 117 cm³/mol. The van der Waals surface area contributed by atoms with Gasteiger partial charge in [0, 0.05) is 10.4 Å². The second-order valence-electron chi connectivity index (χ2n) is 8.25. The Hall–Kier alpha value is -2.25. The Morgan fingerprint density at radius 3 is 2.25 bits per heavy atom. The van der Waals surface area contributed by atoms with E-state index in [1.54, 1.807) is 12.1 Å². The first-order chi connectivity index (χ1) is 14.9. The highest BCUT2D eigenvalue weighted by molar-refractivity contribution is 6.33. The van der Waals surface area contributed by atoms with Gasteiger partial charge >= 0.3 is 12.1 Å². The molecule has 2 aromatic carbocycles. The topological polar surface area (TPSA) is 66.4 Å². The number of carbonyl (C=O) groups is 2. The summed E-state index contributed by atoms with van der Waals surface area (Å²) in [7, 11) is 0. The van der Waals surface area contributed by atoms with Crippen LogP contribution >= 0.6 is 23.2 Å². The van der Waals surface area contributed by atoms with Crippen molar-refractivity contribution in [1.82, 2.24) is 0 Å². The molecule has 0 aliphatic heterocycles. The summed E-state index contributed by atoms with van der Waals surface area (Å²) in [4.78, 5) is 24.4. The second kappa shape index (κ2) is 9.32. The summed E-state index contributed by atoms with van der Waals surface area (Å²) >= 11 is 12.1. The van der Waals surface area contributed by atoms with E-state index in [0.29, 0.717) is 23.4 Å². The van der Waals surface area contributed by atoms with Gasteiger partial charge < -0.3 is 10.4 Å². The monoisotopic (exact) mass is 487 g/mol. The van der Waals surface area contributed by atoms with E-state index in [1.807, 2.05) is 0 Å². The second-order valence-corrected chi connectivity index (χ2v) is 9.09. The Bertz CT molecular complexity index is 1000. The molecule has 0 spiro atoms. The smallest absolute Gasteiger partial charge is 0.392 e. The number of halogens is 5. The molecule has 1 fully saturated rings. The van der Waals surface area contributed by atoms with Crippen LogP contribution in [0.15, 0.2) is 42.5 Å². The third-order valence-electron chi connectivity index (χ3n) is 6.16. The van der Waals surface area contributed by atoms with Crippen molar-refractivity contribution < 1.29 is 27.9 Å². The third-order valence-corrected chi connectivity index (χ3v) is 6.75. The summed E-state index contributed by atoms with van der Waals surface area (Å²) < 4.78 is 40.7. The Kier molecular flexibility index (Phi) is 7.10. The molecule has 0 heterocycles. The largest absolute Gasteiger partial charge is 0.481 e. The van der Waals surface area contributed by atoms with Gasteiger partial charge in [0.1, 0.15) is 0 Å². The molecule has 0 radical (unpaired) electrons. The number of carboxylic acid groups (broad SMARTS) is 1. The predicted octanol–water partition coefficient (Wildman–Crippen LogP) is 6.81. The molecule has 0 saturated heterocycles. The molecule has 0 aromatic heterocycles. The lowest BCUT2D eigenvalue weighted by Crippen LogP contribution is -2.37. The Balaban J connectivity index is 1.94. The fourth-order valence-electron chi connectivity index (χ4n) is 4.15. The first-order valence-corrected chi connectivity index (χ1v) is 10.8. The number of carbonyl (C=O) groups excluding carboxylic acids is 1. The summed E-state index contributed by atoms with van der Waals surface area (Å²) in [5, 5.41) is 12.3. The molecule has 1 aliphatic rings. The van der Waals surface area contributed by atoms with Gasteiger partial charge in [0.05, 0.1) is 29.0 Å². The average molecular weight is 488 g/mol. The molecule has 1 aliphatic carbocycles. The van der Waals surface area contributed by atoms with E-state index < -0.39 is 35.3 Å². The third kappa shape index (κ3) is 5.21. The molecule has 2 N–H and O–H groups in total. The van der Waals surface area contributed by atoms with E-state index >= 15 is 0 Å². The lowest BCUT2D eigenvalue weighted by molar-refractivity contribution is -0.178. The highest BCUT2D eigenvalue weighted by Crippen LogP contribution is 2.48. The van der Waals surface area contributed by atoms with Crippen LogP contribution in [0.2, 0.25) is 10.0 Å². The first-order valence-electron chi connectivity index (χ1n) is 10.1. The van der Waals surface area contributed by atoms with Gasteiger partial charge in [-0.1, -0.05) is 54.7 Å². The molecular formula is C23H22Cl2F3NO3. The summed E-state index contributed by atoms with van der Waals surface area (Å²) in [5.41, 5.74) is 0.451. The number of benzene rings is 2. The van der Waals surface area contributed by atoms with E-state index in [2.05, 4.69) is 5.32 Å². The summed E-state index contributed by atoms with van der Waals surface area (Å²) in [6, 6.07) is 10.4. The zero-order valence-corrected chi connectivity index (χ0v) is 18.7. The maximum atomic E-state index is 13.6. The Labute approximate surface area is 193 Å². The highest BCUT2D eigenvalue weighted by Gasteiger charge is 2.45. The van der Waals surface area contributed by atoms with Gasteiger partial charge in [0.25, 0.3) is 0 Å². The summed E-state index contributed by atoms with van der Waals surface area (Å²) in [6.45, 7) is 0.951. The Morgan fingerprint density at radius 2 is 1.75 bits per heavy atom.